The average molecular weight is 285 g/mol. The van der Waals surface area contributed by atoms with Gasteiger partial charge in [-0.15, -0.1) is 0 Å². The van der Waals surface area contributed by atoms with Crippen molar-refractivity contribution in [2.24, 2.45) is 0 Å². The van der Waals surface area contributed by atoms with Gasteiger partial charge in [-0.25, -0.2) is 0 Å². The van der Waals surface area contributed by atoms with Crippen LogP contribution in [0.4, 0.5) is 11.4 Å². The summed E-state index contributed by atoms with van der Waals surface area (Å²) in [6.45, 7) is 6.51. The number of hydrogen-bond donors (Lipinski definition) is 1. The molecule has 2 nitrogen and oxygen atoms in total. The molecule has 0 aliphatic rings. The molecule has 0 radical (unpaired) electrons. The Morgan fingerprint density at radius 1 is 1.44 bits per heavy atom. The second-order valence-electron chi connectivity index (χ2n) is 4.41. The lowest BCUT2D eigenvalue weighted by Crippen LogP contribution is -2.28. The number of rotatable bonds is 4. The maximum absolute atomic E-state index is 5.88. The first kappa shape index (κ1) is 13.4. The third kappa shape index (κ3) is 2.91. The van der Waals surface area contributed by atoms with Gasteiger partial charge >= 0.3 is 0 Å². The van der Waals surface area contributed by atoms with E-state index in [0.717, 1.165) is 15.7 Å². The fourth-order valence-corrected chi connectivity index (χ4v) is 2.44. The molecule has 0 bridgehead atoms. The molecule has 1 unspecified atom stereocenters. The molecule has 0 fully saturated rings. The maximum Gasteiger partial charge on any atom is 0.0514 e. The molecule has 16 heavy (non-hydrogen) atoms. The van der Waals surface area contributed by atoms with Gasteiger partial charge in [0.25, 0.3) is 0 Å². The molecule has 0 saturated carbocycles. The summed E-state index contributed by atoms with van der Waals surface area (Å²) in [5.41, 5.74) is 9.06. The van der Waals surface area contributed by atoms with E-state index in [1.165, 1.54) is 18.5 Å². The summed E-state index contributed by atoms with van der Waals surface area (Å²) < 4.78 is 1.07. The molecule has 0 aliphatic carbocycles. The van der Waals surface area contributed by atoms with E-state index in [1.807, 2.05) is 13.0 Å². The average Bonchev–Trinajstić information content (AvgIpc) is 2.23. The van der Waals surface area contributed by atoms with E-state index in [4.69, 9.17) is 5.73 Å². The zero-order valence-electron chi connectivity index (χ0n) is 10.5. The molecule has 2 N–H and O–H groups in total. The summed E-state index contributed by atoms with van der Waals surface area (Å²) >= 11 is 3.58. The van der Waals surface area contributed by atoms with Crippen LogP contribution in [0.5, 0.6) is 0 Å². The molecule has 90 valence electrons. The summed E-state index contributed by atoms with van der Waals surface area (Å²) in [4.78, 5) is 2.31. The zero-order chi connectivity index (χ0) is 12.3. The van der Waals surface area contributed by atoms with Gasteiger partial charge < -0.3 is 10.6 Å². The van der Waals surface area contributed by atoms with Gasteiger partial charge in [0.2, 0.25) is 0 Å². The number of halogens is 1. The Morgan fingerprint density at radius 2 is 2.06 bits per heavy atom. The van der Waals surface area contributed by atoms with E-state index >= 15 is 0 Å². The summed E-state index contributed by atoms with van der Waals surface area (Å²) in [6, 6.07) is 4.68. The molecule has 0 heterocycles. The van der Waals surface area contributed by atoms with Crippen LogP contribution in [0, 0.1) is 6.92 Å². The van der Waals surface area contributed by atoms with Crippen molar-refractivity contribution in [2.75, 3.05) is 17.7 Å². The summed E-state index contributed by atoms with van der Waals surface area (Å²) in [6.07, 6.45) is 2.41. The van der Waals surface area contributed by atoms with E-state index in [1.54, 1.807) is 0 Å². The molecule has 0 aliphatic heterocycles. The van der Waals surface area contributed by atoms with E-state index in [9.17, 15) is 0 Å². The van der Waals surface area contributed by atoms with Gasteiger partial charge in [0.05, 0.1) is 5.69 Å². The molecule has 1 rings (SSSR count). The predicted octanol–water partition coefficient (Wildman–Crippen LogP) is 3.96. The fraction of sp³-hybridized carbons (Fsp3) is 0.538. The second-order valence-corrected chi connectivity index (χ2v) is 5.26. The summed E-state index contributed by atoms with van der Waals surface area (Å²) in [5, 5.41) is 0. The molecule has 1 aromatic carbocycles. The summed E-state index contributed by atoms with van der Waals surface area (Å²) in [5.74, 6) is 0. The molecular weight excluding hydrogens is 264 g/mol. The zero-order valence-corrected chi connectivity index (χ0v) is 12.1. The van der Waals surface area contributed by atoms with Crippen molar-refractivity contribution in [1.29, 1.82) is 0 Å². The molecule has 1 aromatic rings. The van der Waals surface area contributed by atoms with Crippen LogP contribution in [-0.4, -0.2) is 13.1 Å². The van der Waals surface area contributed by atoms with Crippen molar-refractivity contribution in [3.05, 3.63) is 22.2 Å². The van der Waals surface area contributed by atoms with Crippen LogP contribution in [0.1, 0.15) is 32.3 Å². The largest absolute Gasteiger partial charge is 0.398 e. The number of benzene rings is 1. The third-order valence-electron chi connectivity index (χ3n) is 3.08. The van der Waals surface area contributed by atoms with E-state index in [2.05, 4.69) is 47.8 Å². The molecule has 0 saturated heterocycles. The molecule has 0 aromatic heterocycles. The number of nitrogens with two attached hydrogens (primary N) is 1. The number of nitrogen functional groups attached to an aromatic ring is 1. The number of nitrogens with zero attached hydrogens (tertiary/aromatic N) is 1. The SMILES string of the molecule is CCCC(C)N(C)c1cc(C)c(N)cc1Br. The fourth-order valence-electron chi connectivity index (χ4n) is 1.80. The van der Waals surface area contributed by atoms with Crippen molar-refractivity contribution < 1.29 is 0 Å². The maximum atomic E-state index is 5.88. The molecule has 0 amide bonds. The number of aryl methyl sites for hydroxylation is 1. The lowest BCUT2D eigenvalue weighted by Gasteiger charge is -2.28. The first-order valence-corrected chi connectivity index (χ1v) is 6.55. The quantitative estimate of drug-likeness (QED) is 0.848. The van der Waals surface area contributed by atoms with Crippen molar-refractivity contribution in [1.82, 2.24) is 0 Å². The highest BCUT2D eigenvalue weighted by molar-refractivity contribution is 9.10. The topological polar surface area (TPSA) is 29.3 Å². The van der Waals surface area contributed by atoms with Gasteiger partial charge in [0.1, 0.15) is 0 Å². The van der Waals surface area contributed by atoms with Crippen LogP contribution < -0.4 is 10.6 Å². The predicted molar refractivity (Wildman–Crippen MR) is 76.1 cm³/mol. The first-order valence-electron chi connectivity index (χ1n) is 5.75. The van der Waals surface area contributed by atoms with Crippen molar-refractivity contribution in [3.8, 4) is 0 Å². The minimum atomic E-state index is 0.546. The van der Waals surface area contributed by atoms with Gasteiger partial charge in [0.15, 0.2) is 0 Å². The smallest absolute Gasteiger partial charge is 0.0514 e. The second kappa shape index (κ2) is 5.58. The highest BCUT2D eigenvalue weighted by atomic mass is 79.9. The summed E-state index contributed by atoms with van der Waals surface area (Å²) in [7, 11) is 2.13. The van der Waals surface area contributed by atoms with Crippen LogP contribution in [-0.2, 0) is 0 Å². The van der Waals surface area contributed by atoms with Crippen LogP contribution in [0.15, 0.2) is 16.6 Å². The Balaban J connectivity index is 2.99. The standard InChI is InChI=1S/C13H21BrN2/c1-5-6-10(3)16(4)13-7-9(2)12(15)8-11(13)14/h7-8,10H,5-6,15H2,1-4H3. The Kier molecular flexibility index (Phi) is 4.66. The van der Waals surface area contributed by atoms with Gasteiger partial charge in [0, 0.05) is 23.2 Å². The molecule has 0 spiro atoms. The van der Waals surface area contributed by atoms with Crippen LogP contribution >= 0.6 is 15.9 Å². The van der Waals surface area contributed by atoms with Gasteiger partial charge in [-0.1, -0.05) is 13.3 Å². The Hall–Kier alpha value is -0.700. The van der Waals surface area contributed by atoms with E-state index in [-0.39, 0.29) is 0 Å². The monoisotopic (exact) mass is 284 g/mol. The van der Waals surface area contributed by atoms with Crippen LogP contribution in [0.25, 0.3) is 0 Å². The Morgan fingerprint density at radius 3 is 2.62 bits per heavy atom. The molecule has 3 heteroatoms. The van der Waals surface area contributed by atoms with Crippen molar-refractivity contribution in [2.45, 2.75) is 39.7 Å². The number of anilines is 2. The molecule has 1 atom stereocenters. The highest BCUT2D eigenvalue weighted by Gasteiger charge is 2.13. The van der Waals surface area contributed by atoms with Gasteiger partial charge in [-0.2, -0.15) is 0 Å². The highest BCUT2D eigenvalue weighted by Crippen LogP contribution is 2.31. The lowest BCUT2D eigenvalue weighted by molar-refractivity contribution is 0.615. The van der Waals surface area contributed by atoms with Gasteiger partial charge in [-0.3, -0.25) is 0 Å². The minimum absolute atomic E-state index is 0.546. The Bertz CT molecular complexity index is 363. The van der Waals surface area contributed by atoms with Crippen LogP contribution in [0.2, 0.25) is 0 Å². The number of hydrogen-bond acceptors (Lipinski definition) is 2. The lowest BCUT2D eigenvalue weighted by atomic mass is 10.1. The normalized spacial score (nSPS) is 12.6. The van der Waals surface area contributed by atoms with E-state index < -0.39 is 0 Å². The van der Waals surface area contributed by atoms with Crippen molar-refractivity contribution >= 4 is 27.3 Å². The Labute approximate surface area is 107 Å². The van der Waals surface area contributed by atoms with E-state index in [0.29, 0.717) is 6.04 Å². The first-order chi connectivity index (χ1) is 7.47. The van der Waals surface area contributed by atoms with Crippen molar-refractivity contribution in [3.63, 3.8) is 0 Å². The molecular formula is C13H21BrN2. The van der Waals surface area contributed by atoms with Gasteiger partial charge in [-0.05, 0) is 53.9 Å². The third-order valence-corrected chi connectivity index (χ3v) is 3.72. The van der Waals surface area contributed by atoms with Crippen LogP contribution in [0.3, 0.4) is 0 Å². The minimum Gasteiger partial charge on any atom is -0.398 e.